The molecule has 5 aromatic heterocycles. The molecule has 4 amide bonds. The molecule has 0 bridgehead atoms. The Hall–Kier alpha value is -12.9. The van der Waals surface area contributed by atoms with E-state index in [1.807, 2.05) is 184 Å². The summed E-state index contributed by atoms with van der Waals surface area (Å²) >= 11 is 18.9. The number of carbonyl (C=O) groups is 4. The number of aryl methyl sites for hydroxylation is 3. The second kappa shape index (κ2) is 34.8. The summed E-state index contributed by atoms with van der Waals surface area (Å²) in [4.78, 5) is 64.7. The maximum absolute atomic E-state index is 14.0. The van der Waals surface area contributed by atoms with E-state index in [1.165, 1.54) is 19.2 Å². The molecule has 5 saturated heterocycles. The molecule has 9 aliphatic rings. The van der Waals surface area contributed by atoms with Crippen LogP contribution in [0.5, 0.6) is 46.0 Å². The number of hydrogen-bond acceptors (Lipinski definition) is 18. The van der Waals surface area contributed by atoms with E-state index in [-0.39, 0.29) is 48.6 Å². The molecule has 0 saturated carbocycles. The summed E-state index contributed by atoms with van der Waals surface area (Å²) < 4.78 is 81.2. The van der Waals surface area contributed by atoms with Crippen LogP contribution in [0.25, 0.3) is 50.2 Å². The molecule has 30 heteroatoms. The van der Waals surface area contributed by atoms with E-state index in [2.05, 4.69) is 38.5 Å². The van der Waals surface area contributed by atoms with Crippen molar-refractivity contribution in [1.82, 2.24) is 58.5 Å². The molecule has 0 N–H and O–H groups in total. The van der Waals surface area contributed by atoms with Gasteiger partial charge in [0.2, 0.25) is 0 Å². The number of halogens is 4. The Morgan fingerprint density at radius 1 is 0.462 bits per heavy atom. The first-order valence-electron chi connectivity index (χ1n) is 43.5. The molecule has 0 aliphatic carbocycles. The molecule has 22 rings (SSSR count). The van der Waals surface area contributed by atoms with Gasteiger partial charge in [-0.25, -0.2) is 4.39 Å². The first-order valence-corrected chi connectivity index (χ1v) is 44.6. The van der Waals surface area contributed by atoms with Gasteiger partial charge < -0.3 is 71.5 Å². The van der Waals surface area contributed by atoms with Crippen molar-refractivity contribution >= 4 is 69.2 Å². The normalized spacial score (nSPS) is 17.8. The number of benzene rings is 8. The molecular formula is C100H98Cl3FN12O14. The van der Waals surface area contributed by atoms with Crippen LogP contribution in [0.3, 0.4) is 0 Å². The van der Waals surface area contributed by atoms with Gasteiger partial charge in [-0.2, -0.15) is 15.3 Å². The van der Waals surface area contributed by atoms with Crippen LogP contribution in [-0.4, -0.2) is 181 Å². The quantitative estimate of drug-likeness (QED) is 0.123. The number of ether oxygens (including phenoxy) is 10. The summed E-state index contributed by atoms with van der Waals surface area (Å²) in [6.45, 7) is 8.91. The molecule has 9 aliphatic heterocycles. The molecule has 1 atom stereocenters. The van der Waals surface area contributed by atoms with E-state index in [0.29, 0.717) is 159 Å². The number of amides is 4. The van der Waals surface area contributed by atoms with Crippen molar-refractivity contribution in [2.45, 2.75) is 99.5 Å². The number of rotatable bonds is 10. The fourth-order valence-electron chi connectivity index (χ4n) is 19.7. The maximum Gasteiger partial charge on any atom is 0.254 e. The van der Waals surface area contributed by atoms with Crippen molar-refractivity contribution < 1.29 is 72.4 Å². The highest BCUT2D eigenvalue weighted by Gasteiger charge is 2.51. The highest BCUT2D eigenvalue weighted by molar-refractivity contribution is 6.33. The summed E-state index contributed by atoms with van der Waals surface area (Å²) in [6, 6.07) is 54.1. The Morgan fingerprint density at radius 3 is 1.44 bits per heavy atom. The van der Waals surface area contributed by atoms with Crippen molar-refractivity contribution in [2.75, 3.05) is 86.9 Å². The fourth-order valence-corrected chi connectivity index (χ4v) is 20.4. The lowest BCUT2D eigenvalue weighted by Gasteiger charge is -2.45. The predicted octanol–water partition coefficient (Wildman–Crippen LogP) is 18.3. The minimum atomic E-state index is -0.656. The number of methoxy groups -OCH3 is 3. The third kappa shape index (κ3) is 15.9. The number of carbonyl (C=O) groups excluding carboxylic acids is 4. The van der Waals surface area contributed by atoms with E-state index in [1.54, 1.807) is 86.1 Å². The molecule has 5 fully saturated rings. The van der Waals surface area contributed by atoms with Crippen molar-refractivity contribution in [1.29, 1.82) is 0 Å². The SMILES string of the molecule is COc1cc(C(=O)N2CCC3(CC2)Oc2cc(F)ccc2-n2cccc23)cc(Cl)c1OCC1COC(C)(C)O1.COc1cc(C(=O)N2CCC3(CC2)Oc2ccccc2-c2c3cnn2C)ccc1Cl.COc1ccc(C(=O)N2CCC3(CC2)Oc2ccccc2-c2c3cnn2C)cc1Cl.Cn1ncc2c1-c1ccccc1OC21CCN(C(=O)c2cccc3ccncc23)CC1.[HH]. The van der Waals surface area contributed by atoms with Crippen LogP contribution in [0, 0.1) is 5.82 Å². The molecule has 670 valence electrons. The summed E-state index contributed by atoms with van der Waals surface area (Å²) in [5.74, 6) is 3.74. The predicted molar refractivity (Wildman–Crippen MR) is 490 cm³/mol. The smallest absolute Gasteiger partial charge is 0.254 e. The van der Waals surface area contributed by atoms with Gasteiger partial charge in [-0.1, -0.05) is 83.3 Å². The first-order chi connectivity index (χ1) is 62.9. The van der Waals surface area contributed by atoms with Gasteiger partial charge in [0.1, 0.15) is 69.8 Å². The third-order valence-corrected chi connectivity index (χ3v) is 27.3. The Labute approximate surface area is 767 Å². The fraction of sp³-hybridized carbons (Fsp3) is 0.320. The van der Waals surface area contributed by atoms with Crippen molar-refractivity contribution in [3.8, 4) is 85.5 Å². The molecule has 26 nitrogen and oxygen atoms in total. The standard InChI is InChI=1S/C29H30ClFN2O6.C25H22N4O2.2C23H22ClN3O3.H2/c1-28(2)37-17-20(38-28)16-36-26-21(30)13-18(14-24(26)35-3)27(34)32-11-8-29(9-12-32)25-5-4-10-33(25)22-7-6-19(31)15-23(22)39-29;1-28-23-19-6-2-3-8-22(19)31-25(21(23)16-27-28)10-13-29(14-11-25)24(30)18-7-4-5-17-9-12-26-15-20(17)18;1-26-21-16-5-3-4-6-19(16)30-23(17(21)14-25-26)9-11-27(12-10-23)22(28)15-7-8-20(29-2)18(24)13-15;1-26-21-16-5-3-4-6-19(16)30-23(17(21)14-25-26)9-11-27(12-10-23)22(28)15-7-8-18(24)20(13-15)29-2;/h4-7,10,13-15,20H,8-9,11-12,16-17H2,1-3H3;2-9,12,15-16H,10-11,13-14H2,1H3;2*3-8,13-14H,9-12H2,1-2H3;1H. The van der Waals surface area contributed by atoms with Crippen LogP contribution in [0.15, 0.2) is 213 Å². The topological polar surface area (TPSA) is 245 Å². The van der Waals surface area contributed by atoms with Gasteiger partial charge in [0.25, 0.3) is 23.6 Å². The average Bonchev–Trinajstić information content (AvgIpc) is 1.63. The molecule has 130 heavy (non-hydrogen) atoms. The third-order valence-electron chi connectivity index (χ3n) is 26.4. The van der Waals surface area contributed by atoms with Crippen LogP contribution < -0.4 is 37.9 Å². The number of pyridine rings is 1. The minimum absolute atomic E-state index is 0. The number of aromatic nitrogens is 8. The maximum atomic E-state index is 14.0. The van der Waals surface area contributed by atoms with Gasteiger partial charge in [0, 0.05) is 212 Å². The van der Waals surface area contributed by atoms with Crippen LogP contribution in [0.1, 0.15) is 130 Å². The van der Waals surface area contributed by atoms with E-state index in [4.69, 9.17) is 82.2 Å². The number of hydrogen-bond donors (Lipinski definition) is 0. The van der Waals surface area contributed by atoms with Crippen LogP contribution in [0.2, 0.25) is 15.1 Å². The zero-order valence-corrected chi connectivity index (χ0v) is 75.4. The van der Waals surface area contributed by atoms with Crippen molar-refractivity contribution in [3.63, 3.8) is 0 Å². The largest absolute Gasteiger partial charge is 0.495 e. The van der Waals surface area contributed by atoms with E-state index in [9.17, 15) is 23.6 Å². The number of likely N-dealkylation sites (tertiary alicyclic amines) is 4. The molecule has 4 spiro atoms. The van der Waals surface area contributed by atoms with Gasteiger partial charge in [-0.05, 0) is 141 Å². The van der Waals surface area contributed by atoms with E-state index >= 15 is 0 Å². The van der Waals surface area contributed by atoms with Gasteiger partial charge in [0.15, 0.2) is 22.9 Å². The summed E-state index contributed by atoms with van der Waals surface area (Å²) in [7, 11) is 10.5. The van der Waals surface area contributed by atoms with E-state index in [0.717, 1.165) is 103 Å². The molecule has 0 radical (unpaired) electrons. The zero-order chi connectivity index (χ0) is 90.1. The van der Waals surface area contributed by atoms with Gasteiger partial charge in [-0.3, -0.25) is 38.2 Å². The lowest BCUT2D eigenvalue weighted by atomic mass is 9.81. The Kier molecular flexibility index (Phi) is 23.2. The van der Waals surface area contributed by atoms with E-state index < -0.39 is 28.2 Å². The summed E-state index contributed by atoms with van der Waals surface area (Å²) in [6.07, 6.45) is 16.4. The van der Waals surface area contributed by atoms with Crippen LogP contribution in [0.4, 0.5) is 4.39 Å². The molecule has 13 aromatic rings. The first kappa shape index (κ1) is 86.5. The number of nitrogens with zero attached hydrogens (tertiary/aromatic N) is 12. The molecule has 8 aromatic carbocycles. The Morgan fingerprint density at radius 2 is 0.931 bits per heavy atom. The second-order valence-corrected chi connectivity index (χ2v) is 35.6. The lowest BCUT2D eigenvalue weighted by Crippen LogP contribution is -2.50. The van der Waals surface area contributed by atoms with Gasteiger partial charge in [0.05, 0.1) is 90.1 Å². The molecular weight excluding hydrogens is 1720 g/mol. The zero-order valence-electron chi connectivity index (χ0n) is 73.1. The number of fused-ring (bicyclic) bond motifs is 17. The van der Waals surface area contributed by atoms with Crippen LogP contribution >= 0.6 is 34.8 Å². The lowest BCUT2D eigenvalue weighted by molar-refractivity contribution is -0.141. The Bertz CT molecular complexity index is 6560. The highest BCUT2D eigenvalue weighted by Crippen LogP contribution is 2.54. The van der Waals surface area contributed by atoms with Crippen molar-refractivity contribution in [3.05, 3.63) is 279 Å². The summed E-state index contributed by atoms with van der Waals surface area (Å²) in [5.41, 5.74) is 11.8. The monoisotopic (exact) mass is 1810 g/mol. The summed E-state index contributed by atoms with van der Waals surface area (Å²) in [5, 5.41) is 16.7. The van der Waals surface area contributed by atoms with Crippen LogP contribution in [-0.2, 0) is 53.0 Å². The number of para-hydroxylation sites is 3. The number of piperidine rings is 4. The molecule has 14 heterocycles. The second-order valence-electron chi connectivity index (χ2n) is 34.4. The highest BCUT2D eigenvalue weighted by atomic mass is 35.5. The van der Waals surface area contributed by atoms with Gasteiger partial charge in [-0.15, -0.1) is 0 Å². The van der Waals surface area contributed by atoms with Gasteiger partial charge >= 0.3 is 0 Å². The Balaban J connectivity index is 0.000000118. The van der Waals surface area contributed by atoms with Crippen molar-refractivity contribution in [2.24, 2.45) is 21.1 Å². The minimum Gasteiger partial charge on any atom is -0.495 e. The molecule has 1 unspecified atom stereocenters. The average molecular weight is 1820 g/mol.